The van der Waals surface area contributed by atoms with Crippen LogP contribution in [0, 0.1) is 24.0 Å². The van der Waals surface area contributed by atoms with Crippen LogP contribution < -0.4 is 10.5 Å². The van der Waals surface area contributed by atoms with Gasteiger partial charge in [0.25, 0.3) is 0 Å². The number of nitro benzene ring substituents is 1. The summed E-state index contributed by atoms with van der Waals surface area (Å²) in [5.41, 5.74) is 7.63. The van der Waals surface area contributed by atoms with Crippen molar-refractivity contribution in [3.63, 3.8) is 0 Å². The van der Waals surface area contributed by atoms with E-state index in [9.17, 15) is 10.1 Å². The van der Waals surface area contributed by atoms with E-state index in [2.05, 4.69) is 6.58 Å². The van der Waals surface area contributed by atoms with Gasteiger partial charge in [-0.05, 0) is 30.5 Å². The summed E-state index contributed by atoms with van der Waals surface area (Å²) in [5, 5.41) is 10.9. The van der Waals surface area contributed by atoms with Crippen LogP contribution in [0.25, 0.3) is 0 Å². The zero-order valence-corrected chi connectivity index (χ0v) is 10.0. The fourth-order valence-electron chi connectivity index (χ4n) is 1.49. The predicted octanol–water partition coefficient (Wildman–Crippen LogP) is 2.11. The second-order valence-electron chi connectivity index (χ2n) is 3.93. The largest absolute Gasteiger partial charge is 0.482 e. The molecule has 0 radical (unpaired) electrons. The first kappa shape index (κ1) is 13.2. The highest BCUT2D eigenvalue weighted by molar-refractivity contribution is 5.53. The fourth-order valence-corrected chi connectivity index (χ4v) is 1.49. The minimum atomic E-state index is -0.444. The van der Waals surface area contributed by atoms with Gasteiger partial charge in [0.1, 0.15) is 6.61 Å². The molecule has 0 amide bonds. The lowest BCUT2D eigenvalue weighted by Crippen LogP contribution is -2.11. The van der Waals surface area contributed by atoms with Crippen LogP contribution in [0.4, 0.5) is 5.69 Å². The molecule has 0 aliphatic rings. The number of ether oxygens (including phenoxy) is 1. The molecule has 0 bridgehead atoms. The molecule has 92 valence electrons. The van der Waals surface area contributed by atoms with E-state index in [1.54, 1.807) is 6.92 Å². The molecule has 0 atom stereocenters. The highest BCUT2D eigenvalue weighted by Gasteiger charge is 2.18. The second-order valence-corrected chi connectivity index (χ2v) is 3.93. The monoisotopic (exact) mass is 236 g/mol. The highest BCUT2D eigenvalue weighted by atomic mass is 16.6. The lowest BCUT2D eigenvalue weighted by atomic mass is 10.1. The Morgan fingerprint density at radius 3 is 2.71 bits per heavy atom. The van der Waals surface area contributed by atoms with E-state index in [-0.39, 0.29) is 18.0 Å². The third kappa shape index (κ3) is 3.29. The van der Waals surface area contributed by atoms with Gasteiger partial charge in [0.05, 0.1) is 4.92 Å². The number of aryl methyl sites for hydroxylation is 2. The summed E-state index contributed by atoms with van der Waals surface area (Å²) in [6.45, 7) is 7.78. The van der Waals surface area contributed by atoms with Gasteiger partial charge in [-0.2, -0.15) is 0 Å². The molecule has 0 aliphatic carbocycles. The predicted molar refractivity (Wildman–Crippen MR) is 66.3 cm³/mol. The van der Waals surface area contributed by atoms with Crippen molar-refractivity contribution in [1.82, 2.24) is 0 Å². The molecule has 0 aliphatic heterocycles. The van der Waals surface area contributed by atoms with Gasteiger partial charge in [-0.3, -0.25) is 10.1 Å². The Bertz CT molecular complexity index is 455. The van der Waals surface area contributed by atoms with Gasteiger partial charge in [0, 0.05) is 12.6 Å². The molecule has 0 saturated heterocycles. The maximum atomic E-state index is 10.9. The van der Waals surface area contributed by atoms with Gasteiger partial charge in [-0.1, -0.05) is 12.6 Å². The van der Waals surface area contributed by atoms with Crippen LogP contribution in [0.2, 0.25) is 0 Å². The fraction of sp³-hybridized carbons (Fsp3) is 0.333. The molecule has 5 nitrogen and oxygen atoms in total. The molecule has 0 fully saturated rings. The van der Waals surface area contributed by atoms with Gasteiger partial charge >= 0.3 is 5.69 Å². The molecule has 1 aromatic carbocycles. The van der Waals surface area contributed by atoms with Crippen LogP contribution >= 0.6 is 0 Å². The Balaban J connectivity index is 3.04. The van der Waals surface area contributed by atoms with Gasteiger partial charge in [-0.25, -0.2) is 0 Å². The van der Waals surface area contributed by atoms with E-state index >= 15 is 0 Å². The zero-order valence-electron chi connectivity index (χ0n) is 10.0. The summed E-state index contributed by atoms with van der Waals surface area (Å²) in [6, 6.07) is 3.33. The number of nitrogens with two attached hydrogens (primary N) is 1. The van der Waals surface area contributed by atoms with Crippen molar-refractivity contribution in [2.24, 2.45) is 5.73 Å². The molecule has 0 saturated carbocycles. The lowest BCUT2D eigenvalue weighted by molar-refractivity contribution is -0.385. The van der Waals surface area contributed by atoms with E-state index in [4.69, 9.17) is 10.5 Å². The number of nitro groups is 1. The molecule has 0 aromatic heterocycles. The van der Waals surface area contributed by atoms with Crippen molar-refractivity contribution in [2.75, 3.05) is 13.2 Å². The van der Waals surface area contributed by atoms with E-state index < -0.39 is 4.92 Å². The normalized spacial score (nSPS) is 10.1. The van der Waals surface area contributed by atoms with Crippen LogP contribution in [-0.2, 0) is 0 Å². The molecule has 2 N–H and O–H groups in total. The number of rotatable bonds is 5. The maximum Gasteiger partial charge on any atom is 0.311 e. The molecule has 1 aromatic rings. The first-order valence-electron chi connectivity index (χ1n) is 5.21. The quantitative estimate of drug-likeness (QED) is 0.482. The second kappa shape index (κ2) is 5.45. The zero-order chi connectivity index (χ0) is 13.0. The Labute approximate surface area is 100 Å². The summed E-state index contributed by atoms with van der Waals surface area (Å²) < 4.78 is 5.42. The molecule has 17 heavy (non-hydrogen) atoms. The van der Waals surface area contributed by atoms with Gasteiger partial charge < -0.3 is 10.5 Å². The van der Waals surface area contributed by atoms with Crippen molar-refractivity contribution in [1.29, 1.82) is 0 Å². The van der Waals surface area contributed by atoms with Crippen molar-refractivity contribution < 1.29 is 9.66 Å². The topological polar surface area (TPSA) is 78.4 Å². The number of nitrogens with zero attached hydrogens (tertiary/aromatic N) is 1. The number of benzene rings is 1. The average Bonchev–Trinajstić information content (AvgIpc) is 2.26. The average molecular weight is 236 g/mol. The summed E-state index contributed by atoms with van der Waals surface area (Å²) in [4.78, 5) is 10.5. The van der Waals surface area contributed by atoms with Crippen LogP contribution in [0.15, 0.2) is 24.3 Å². The Kier molecular flexibility index (Phi) is 4.23. The van der Waals surface area contributed by atoms with Crippen LogP contribution in [0.1, 0.15) is 11.1 Å². The summed E-state index contributed by atoms with van der Waals surface area (Å²) in [6.07, 6.45) is 0. The van der Waals surface area contributed by atoms with Crippen LogP contribution in [-0.4, -0.2) is 18.1 Å². The lowest BCUT2D eigenvalue weighted by Gasteiger charge is -2.11. The molecule has 1 rings (SSSR count). The van der Waals surface area contributed by atoms with Gasteiger partial charge in [0.2, 0.25) is 0 Å². The molecular formula is C12H16N2O3. The summed E-state index contributed by atoms with van der Waals surface area (Å²) >= 11 is 0. The third-order valence-corrected chi connectivity index (χ3v) is 2.31. The van der Waals surface area contributed by atoms with E-state index in [1.165, 1.54) is 6.07 Å². The van der Waals surface area contributed by atoms with Crippen LogP contribution in [0.3, 0.4) is 0 Å². The van der Waals surface area contributed by atoms with Crippen LogP contribution in [0.5, 0.6) is 5.75 Å². The van der Waals surface area contributed by atoms with Crippen molar-refractivity contribution >= 4 is 5.69 Å². The molecule has 0 unspecified atom stereocenters. The first-order valence-corrected chi connectivity index (χ1v) is 5.21. The van der Waals surface area contributed by atoms with Gasteiger partial charge in [0.15, 0.2) is 5.75 Å². The van der Waals surface area contributed by atoms with Crippen molar-refractivity contribution in [3.05, 3.63) is 45.5 Å². The van der Waals surface area contributed by atoms with Crippen molar-refractivity contribution in [3.8, 4) is 5.75 Å². The minimum absolute atomic E-state index is 0.0210. The summed E-state index contributed by atoms with van der Waals surface area (Å²) in [7, 11) is 0. The molecular weight excluding hydrogens is 220 g/mol. The van der Waals surface area contributed by atoms with E-state index in [0.717, 1.165) is 11.1 Å². The number of hydrogen-bond donors (Lipinski definition) is 1. The molecule has 5 heteroatoms. The molecule has 0 heterocycles. The van der Waals surface area contributed by atoms with Gasteiger partial charge in [-0.15, -0.1) is 0 Å². The molecule has 0 spiro atoms. The third-order valence-electron chi connectivity index (χ3n) is 2.31. The van der Waals surface area contributed by atoms with E-state index in [0.29, 0.717) is 12.1 Å². The standard InChI is InChI=1S/C12H16N2O3/c1-8-4-10(3)12(11(5-8)14(15)16)17-7-9(2)6-13/h4-5H,2,6-7,13H2,1,3H3. The Hall–Kier alpha value is -1.88. The Morgan fingerprint density at radius 1 is 1.53 bits per heavy atom. The SMILES string of the molecule is C=C(CN)COc1c(C)cc(C)cc1[N+](=O)[O-]. The first-order chi connectivity index (χ1) is 7.95. The van der Waals surface area contributed by atoms with Crippen molar-refractivity contribution in [2.45, 2.75) is 13.8 Å². The number of hydrogen-bond acceptors (Lipinski definition) is 4. The Morgan fingerprint density at radius 2 is 2.18 bits per heavy atom. The van der Waals surface area contributed by atoms with E-state index in [1.807, 2.05) is 13.0 Å². The minimum Gasteiger partial charge on any atom is -0.482 e. The summed E-state index contributed by atoms with van der Waals surface area (Å²) in [5.74, 6) is 0.287. The smallest absolute Gasteiger partial charge is 0.311 e. The maximum absolute atomic E-state index is 10.9. The highest BCUT2D eigenvalue weighted by Crippen LogP contribution is 2.32.